The number of carbonyl (C=O) groups excluding carboxylic acids is 1. The minimum Gasteiger partial charge on any atom is -0.480 e. The van der Waals surface area contributed by atoms with Gasteiger partial charge in [-0.05, 0) is 19.3 Å². The van der Waals surface area contributed by atoms with Crippen molar-refractivity contribution in [3.8, 4) is 0 Å². The first-order valence-corrected chi connectivity index (χ1v) is 6.75. The van der Waals surface area contributed by atoms with Crippen molar-refractivity contribution in [3.63, 3.8) is 0 Å². The molecule has 0 aromatic heterocycles. The number of rotatable bonds is 10. The lowest BCUT2D eigenvalue weighted by Gasteiger charge is -2.15. The molecular formula is C13H26N2O4. The number of hydrogen-bond acceptors (Lipinski definition) is 3. The quantitative estimate of drug-likeness (QED) is 0.528. The Labute approximate surface area is 114 Å². The molecule has 2 amide bonds. The number of urea groups is 1. The van der Waals surface area contributed by atoms with Gasteiger partial charge < -0.3 is 20.5 Å². The molecule has 6 nitrogen and oxygen atoms in total. The van der Waals surface area contributed by atoms with Gasteiger partial charge in [-0.15, -0.1) is 0 Å². The van der Waals surface area contributed by atoms with Crippen LogP contribution in [0.2, 0.25) is 0 Å². The van der Waals surface area contributed by atoms with E-state index in [9.17, 15) is 9.59 Å². The van der Waals surface area contributed by atoms with Gasteiger partial charge in [0, 0.05) is 12.6 Å². The molecule has 19 heavy (non-hydrogen) atoms. The first-order valence-electron chi connectivity index (χ1n) is 6.75. The molecule has 0 aromatic rings. The number of hydrogen-bond donors (Lipinski definition) is 3. The molecule has 1 atom stereocenters. The van der Waals surface area contributed by atoms with Gasteiger partial charge in [0.25, 0.3) is 0 Å². The lowest BCUT2D eigenvalue weighted by Crippen LogP contribution is -2.42. The van der Waals surface area contributed by atoms with Crippen molar-refractivity contribution in [2.45, 2.75) is 46.1 Å². The summed E-state index contributed by atoms with van der Waals surface area (Å²) in [5, 5.41) is 13.8. The fourth-order valence-corrected chi connectivity index (χ4v) is 1.58. The molecule has 3 N–H and O–H groups in total. The fourth-order valence-electron chi connectivity index (χ4n) is 1.58. The minimum absolute atomic E-state index is 0.138. The maximum absolute atomic E-state index is 11.5. The molecule has 6 heteroatoms. The molecule has 0 spiro atoms. The molecular weight excluding hydrogens is 248 g/mol. The predicted molar refractivity (Wildman–Crippen MR) is 73.1 cm³/mol. The van der Waals surface area contributed by atoms with Crippen LogP contribution in [0.15, 0.2) is 0 Å². The minimum atomic E-state index is -1.01. The molecule has 0 heterocycles. The first-order chi connectivity index (χ1) is 8.91. The van der Waals surface area contributed by atoms with E-state index in [1.54, 1.807) is 0 Å². The Balaban J connectivity index is 3.48. The van der Waals surface area contributed by atoms with Crippen molar-refractivity contribution >= 4 is 12.0 Å². The Morgan fingerprint density at radius 3 is 2.47 bits per heavy atom. The largest absolute Gasteiger partial charge is 0.480 e. The van der Waals surface area contributed by atoms with Crippen LogP contribution in [0.1, 0.15) is 40.0 Å². The van der Waals surface area contributed by atoms with E-state index in [2.05, 4.69) is 24.5 Å². The summed E-state index contributed by atoms with van der Waals surface area (Å²) in [6.07, 6.45) is 3.22. The third kappa shape index (κ3) is 12.9. The van der Waals surface area contributed by atoms with Crippen LogP contribution in [-0.4, -0.2) is 42.9 Å². The Bertz CT molecular complexity index is 269. The van der Waals surface area contributed by atoms with Crippen molar-refractivity contribution in [1.29, 1.82) is 0 Å². The highest BCUT2D eigenvalue weighted by Crippen LogP contribution is 2.07. The second-order valence-electron chi connectivity index (χ2n) is 5.07. The van der Waals surface area contributed by atoms with Crippen LogP contribution in [0.25, 0.3) is 0 Å². The smallest absolute Gasteiger partial charge is 0.329 e. The van der Waals surface area contributed by atoms with E-state index in [4.69, 9.17) is 9.84 Å². The average molecular weight is 274 g/mol. The zero-order valence-electron chi connectivity index (χ0n) is 12.1. The summed E-state index contributed by atoms with van der Waals surface area (Å²) < 4.78 is 4.80. The SMILES string of the molecule is CC(C)CCCC(C)NC(=O)NCCOCC(=O)O. The highest BCUT2D eigenvalue weighted by molar-refractivity contribution is 5.74. The van der Waals surface area contributed by atoms with Crippen LogP contribution < -0.4 is 10.6 Å². The van der Waals surface area contributed by atoms with Crippen LogP contribution in [0.3, 0.4) is 0 Å². The molecule has 1 unspecified atom stereocenters. The van der Waals surface area contributed by atoms with Gasteiger partial charge in [-0.3, -0.25) is 0 Å². The normalized spacial score (nSPS) is 12.2. The molecule has 0 rings (SSSR count). The molecule has 0 bridgehead atoms. The van der Waals surface area contributed by atoms with Crippen LogP contribution in [-0.2, 0) is 9.53 Å². The molecule has 0 saturated heterocycles. The van der Waals surface area contributed by atoms with Crippen molar-refractivity contribution < 1.29 is 19.4 Å². The standard InChI is InChI=1S/C13H26N2O4/c1-10(2)5-4-6-11(3)15-13(18)14-7-8-19-9-12(16)17/h10-11H,4-9H2,1-3H3,(H,16,17)(H2,14,15,18). The molecule has 0 aliphatic carbocycles. The van der Waals surface area contributed by atoms with Gasteiger partial charge in [0.1, 0.15) is 6.61 Å². The van der Waals surface area contributed by atoms with Gasteiger partial charge in [0.15, 0.2) is 0 Å². The third-order valence-electron chi connectivity index (χ3n) is 2.55. The Hall–Kier alpha value is -1.30. The van der Waals surface area contributed by atoms with Gasteiger partial charge in [-0.2, -0.15) is 0 Å². The summed E-state index contributed by atoms with van der Waals surface area (Å²) in [6, 6.07) is -0.102. The van der Waals surface area contributed by atoms with Crippen molar-refractivity contribution in [1.82, 2.24) is 10.6 Å². The first kappa shape index (κ1) is 17.7. The Morgan fingerprint density at radius 2 is 1.89 bits per heavy atom. The summed E-state index contributed by atoms with van der Waals surface area (Å²) >= 11 is 0. The lowest BCUT2D eigenvalue weighted by atomic mass is 10.0. The van der Waals surface area contributed by atoms with E-state index in [-0.39, 0.29) is 25.3 Å². The molecule has 112 valence electrons. The van der Waals surface area contributed by atoms with Crippen molar-refractivity contribution in [2.75, 3.05) is 19.8 Å². The summed E-state index contributed by atoms with van der Waals surface area (Å²) in [5.41, 5.74) is 0. The number of carbonyl (C=O) groups is 2. The van der Waals surface area contributed by atoms with Gasteiger partial charge in [-0.1, -0.05) is 26.7 Å². The van der Waals surface area contributed by atoms with E-state index in [1.807, 2.05) is 6.92 Å². The molecule has 0 aliphatic rings. The maximum Gasteiger partial charge on any atom is 0.329 e. The third-order valence-corrected chi connectivity index (χ3v) is 2.55. The lowest BCUT2D eigenvalue weighted by molar-refractivity contribution is -0.142. The van der Waals surface area contributed by atoms with Gasteiger partial charge >= 0.3 is 12.0 Å². The topological polar surface area (TPSA) is 87.7 Å². The van der Waals surface area contributed by atoms with Crippen molar-refractivity contribution in [2.24, 2.45) is 5.92 Å². The fraction of sp³-hybridized carbons (Fsp3) is 0.846. The van der Waals surface area contributed by atoms with Gasteiger partial charge in [0.05, 0.1) is 6.61 Å². The van der Waals surface area contributed by atoms with E-state index in [0.29, 0.717) is 12.5 Å². The Morgan fingerprint density at radius 1 is 1.21 bits per heavy atom. The van der Waals surface area contributed by atoms with Crippen LogP contribution >= 0.6 is 0 Å². The molecule has 0 saturated carbocycles. The van der Waals surface area contributed by atoms with E-state index >= 15 is 0 Å². The second kappa shape index (κ2) is 10.6. The second-order valence-corrected chi connectivity index (χ2v) is 5.07. The number of nitrogens with one attached hydrogen (secondary N) is 2. The van der Waals surface area contributed by atoms with Crippen molar-refractivity contribution in [3.05, 3.63) is 0 Å². The van der Waals surface area contributed by atoms with Gasteiger partial charge in [-0.25, -0.2) is 9.59 Å². The molecule has 0 radical (unpaired) electrons. The van der Waals surface area contributed by atoms with Crippen LogP contribution in [0, 0.1) is 5.92 Å². The van der Waals surface area contributed by atoms with Crippen LogP contribution in [0.5, 0.6) is 0 Å². The number of aliphatic carboxylic acids is 1. The predicted octanol–water partition coefficient (Wildman–Crippen LogP) is 1.60. The monoisotopic (exact) mass is 274 g/mol. The number of carboxylic acid groups (broad SMARTS) is 1. The maximum atomic E-state index is 11.5. The van der Waals surface area contributed by atoms with E-state index in [1.165, 1.54) is 0 Å². The van der Waals surface area contributed by atoms with E-state index in [0.717, 1.165) is 19.3 Å². The highest BCUT2D eigenvalue weighted by atomic mass is 16.5. The summed E-state index contributed by atoms with van der Waals surface area (Å²) in [4.78, 5) is 21.6. The number of amides is 2. The zero-order valence-corrected chi connectivity index (χ0v) is 12.1. The summed E-state index contributed by atoms with van der Waals surface area (Å²) in [7, 11) is 0. The molecule has 0 aliphatic heterocycles. The summed E-state index contributed by atoms with van der Waals surface area (Å²) in [5.74, 6) is -0.323. The number of ether oxygens (including phenoxy) is 1. The van der Waals surface area contributed by atoms with Gasteiger partial charge in [0.2, 0.25) is 0 Å². The average Bonchev–Trinajstić information content (AvgIpc) is 2.27. The van der Waals surface area contributed by atoms with Crippen LogP contribution in [0.4, 0.5) is 4.79 Å². The molecule has 0 aromatic carbocycles. The number of carboxylic acids is 1. The summed E-state index contributed by atoms with van der Waals surface area (Å²) in [6.45, 7) is 6.50. The molecule has 0 fully saturated rings. The van der Waals surface area contributed by atoms with E-state index < -0.39 is 5.97 Å². The zero-order chi connectivity index (χ0) is 14.7. The Kier molecular flexibility index (Phi) is 9.88. The highest BCUT2D eigenvalue weighted by Gasteiger charge is 2.06.